The summed E-state index contributed by atoms with van der Waals surface area (Å²) in [4.78, 5) is 35.8. The summed E-state index contributed by atoms with van der Waals surface area (Å²) in [6, 6.07) is 7.20. The van der Waals surface area contributed by atoms with Gasteiger partial charge in [0.2, 0.25) is 5.91 Å². The molecule has 3 N–H and O–H groups in total. The lowest BCUT2D eigenvalue weighted by Crippen LogP contribution is -2.59. The lowest BCUT2D eigenvalue weighted by Gasteiger charge is -2.33. The van der Waals surface area contributed by atoms with Crippen molar-refractivity contribution in [3.05, 3.63) is 35.4 Å². The van der Waals surface area contributed by atoms with Gasteiger partial charge in [-0.25, -0.2) is 4.79 Å². The van der Waals surface area contributed by atoms with Crippen LogP contribution in [0.25, 0.3) is 0 Å². The zero-order valence-corrected chi connectivity index (χ0v) is 15.4. The van der Waals surface area contributed by atoms with Crippen molar-refractivity contribution in [2.24, 2.45) is 0 Å². The maximum atomic E-state index is 12.2. The molecule has 0 radical (unpaired) electrons. The molecular formula is C19H26N2O5. The first-order valence-electron chi connectivity index (χ1n) is 8.65. The number of benzene rings is 1. The highest BCUT2D eigenvalue weighted by atomic mass is 16.5. The molecule has 7 heteroatoms. The second-order valence-corrected chi connectivity index (χ2v) is 7.56. The van der Waals surface area contributed by atoms with Gasteiger partial charge in [-0.1, -0.05) is 32.9 Å². The van der Waals surface area contributed by atoms with Crippen molar-refractivity contribution in [1.29, 1.82) is 0 Å². The van der Waals surface area contributed by atoms with E-state index in [-0.39, 0.29) is 43.9 Å². The summed E-state index contributed by atoms with van der Waals surface area (Å²) in [5, 5.41) is 14.5. The summed E-state index contributed by atoms with van der Waals surface area (Å²) in [5.41, 5.74) is 0.220. The molecule has 1 aromatic rings. The van der Waals surface area contributed by atoms with Crippen LogP contribution in [0, 0.1) is 0 Å². The van der Waals surface area contributed by atoms with Crippen LogP contribution in [0.4, 0.5) is 0 Å². The van der Waals surface area contributed by atoms with Crippen LogP contribution in [0.15, 0.2) is 24.3 Å². The van der Waals surface area contributed by atoms with Crippen molar-refractivity contribution in [2.75, 3.05) is 19.8 Å². The topological polar surface area (TPSA) is 105 Å². The maximum absolute atomic E-state index is 12.2. The van der Waals surface area contributed by atoms with Gasteiger partial charge in [0.05, 0.1) is 6.54 Å². The second-order valence-electron chi connectivity index (χ2n) is 7.56. The molecule has 0 aromatic heterocycles. The maximum Gasteiger partial charge on any atom is 0.329 e. The number of carboxylic acids is 1. The molecule has 1 aliphatic heterocycles. The van der Waals surface area contributed by atoms with E-state index in [0.29, 0.717) is 5.56 Å². The molecule has 0 saturated carbocycles. The van der Waals surface area contributed by atoms with E-state index in [1.165, 1.54) is 0 Å². The van der Waals surface area contributed by atoms with Crippen LogP contribution in [-0.2, 0) is 19.7 Å². The quantitative estimate of drug-likeness (QED) is 0.736. The minimum absolute atomic E-state index is 0.0102. The van der Waals surface area contributed by atoms with Gasteiger partial charge >= 0.3 is 5.97 Å². The number of carboxylic acid groups (broad SMARTS) is 1. The molecule has 7 nitrogen and oxygen atoms in total. The molecule has 2 amide bonds. The van der Waals surface area contributed by atoms with Gasteiger partial charge in [-0.2, -0.15) is 0 Å². The van der Waals surface area contributed by atoms with Crippen LogP contribution in [0.2, 0.25) is 0 Å². The summed E-state index contributed by atoms with van der Waals surface area (Å²) in [7, 11) is 0. The summed E-state index contributed by atoms with van der Waals surface area (Å²) in [6.07, 6.45) is 0.409. The Bertz CT molecular complexity index is 670. The molecule has 1 saturated heterocycles. The molecule has 1 fully saturated rings. The molecule has 1 aromatic carbocycles. The third-order valence-electron chi connectivity index (χ3n) is 4.56. The number of hydrogen-bond acceptors (Lipinski definition) is 4. The molecule has 2 rings (SSSR count). The van der Waals surface area contributed by atoms with E-state index in [0.717, 1.165) is 5.56 Å². The zero-order valence-electron chi connectivity index (χ0n) is 15.4. The van der Waals surface area contributed by atoms with Gasteiger partial charge in [-0.3, -0.25) is 9.59 Å². The Morgan fingerprint density at radius 1 is 1.12 bits per heavy atom. The van der Waals surface area contributed by atoms with Crippen molar-refractivity contribution in [3.8, 4) is 0 Å². The summed E-state index contributed by atoms with van der Waals surface area (Å²) < 4.78 is 5.16. The van der Waals surface area contributed by atoms with Gasteiger partial charge in [0.15, 0.2) is 0 Å². The Kier molecular flexibility index (Phi) is 6.02. The molecule has 0 spiro atoms. The Morgan fingerprint density at radius 3 is 2.19 bits per heavy atom. The van der Waals surface area contributed by atoms with Crippen molar-refractivity contribution >= 4 is 17.8 Å². The lowest BCUT2D eigenvalue weighted by atomic mass is 9.87. The molecule has 0 atom stereocenters. The number of hydrogen-bond donors (Lipinski definition) is 3. The van der Waals surface area contributed by atoms with Crippen LogP contribution in [-0.4, -0.2) is 48.2 Å². The number of carbonyl (C=O) groups is 3. The zero-order chi connectivity index (χ0) is 19.4. The van der Waals surface area contributed by atoms with E-state index in [1.54, 1.807) is 12.1 Å². The molecule has 1 aliphatic rings. The van der Waals surface area contributed by atoms with Crippen molar-refractivity contribution in [1.82, 2.24) is 10.6 Å². The van der Waals surface area contributed by atoms with Gasteiger partial charge in [-0.15, -0.1) is 0 Å². The first kappa shape index (κ1) is 19.9. The predicted molar refractivity (Wildman–Crippen MR) is 96.0 cm³/mol. The molecule has 1 heterocycles. The Morgan fingerprint density at radius 2 is 1.69 bits per heavy atom. The molecule has 0 bridgehead atoms. The minimum atomic E-state index is -1.32. The van der Waals surface area contributed by atoms with E-state index in [2.05, 4.69) is 31.4 Å². The second kappa shape index (κ2) is 7.86. The highest BCUT2D eigenvalue weighted by Crippen LogP contribution is 2.22. The Balaban J connectivity index is 1.92. The van der Waals surface area contributed by atoms with Crippen molar-refractivity contribution in [3.63, 3.8) is 0 Å². The fraction of sp³-hybridized carbons (Fsp3) is 0.526. The van der Waals surface area contributed by atoms with E-state index in [9.17, 15) is 19.5 Å². The normalized spacial score (nSPS) is 16.6. The van der Waals surface area contributed by atoms with E-state index in [1.807, 2.05) is 12.1 Å². The largest absolute Gasteiger partial charge is 0.480 e. The van der Waals surface area contributed by atoms with Gasteiger partial charge < -0.3 is 20.5 Å². The van der Waals surface area contributed by atoms with Gasteiger partial charge in [0.25, 0.3) is 5.91 Å². The number of ether oxygens (including phenoxy) is 1. The van der Waals surface area contributed by atoms with Gasteiger partial charge in [-0.05, 0) is 23.1 Å². The summed E-state index contributed by atoms with van der Waals surface area (Å²) >= 11 is 0. The minimum Gasteiger partial charge on any atom is -0.480 e. The fourth-order valence-electron chi connectivity index (χ4n) is 2.81. The number of nitrogens with one attached hydrogen (secondary N) is 2. The monoisotopic (exact) mass is 362 g/mol. The van der Waals surface area contributed by atoms with Crippen molar-refractivity contribution in [2.45, 2.75) is 44.6 Å². The Hall–Kier alpha value is -2.41. The summed E-state index contributed by atoms with van der Waals surface area (Å²) in [5.74, 6) is -2.00. The number of rotatable bonds is 5. The average Bonchev–Trinajstić information content (AvgIpc) is 2.59. The standard InChI is InChI=1S/C19H26N2O5/c1-18(2,3)14-6-4-13(5-7-14)16(23)20-12-15(22)21-19(17(24)25)8-10-26-11-9-19/h4-7H,8-12H2,1-3H3,(H,20,23)(H,21,22)(H,24,25). The Labute approximate surface area is 153 Å². The third kappa shape index (κ3) is 4.82. The van der Waals surface area contributed by atoms with E-state index < -0.39 is 17.4 Å². The average molecular weight is 362 g/mol. The number of carbonyl (C=O) groups excluding carboxylic acids is 2. The molecule has 0 unspecified atom stereocenters. The highest BCUT2D eigenvalue weighted by Gasteiger charge is 2.41. The highest BCUT2D eigenvalue weighted by molar-refractivity contribution is 5.97. The van der Waals surface area contributed by atoms with Crippen LogP contribution in [0.1, 0.15) is 49.5 Å². The molecule has 0 aliphatic carbocycles. The van der Waals surface area contributed by atoms with Crippen LogP contribution >= 0.6 is 0 Å². The fourth-order valence-corrected chi connectivity index (χ4v) is 2.81. The van der Waals surface area contributed by atoms with E-state index >= 15 is 0 Å². The van der Waals surface area contributed by atoms with Gasteiger partial charge in [0.1, 0.15) is 5.54 Å². The van der Waals surface area contributed by atoms with E-state index in [4.69, 9.17) is 4.74 Å². The van der Waals surface area contributed by atoms with Crippen molar-refractivity contribution < 1.29 is 24.2 Å². The number of aliphatic carboxylic acids is 1. The first-order chi connectivity index (χ1) is 12.1. The van der Waals surface area contributed by atoms with Crippen LogP contribution < -0.4 is 10.6 Å². The molecule has 26 heavy (non-hydrogen) atoms. The number of amides is 2. The van der Waals surface area contributed by atoms with Crippen LogP contribution in [0.3, 0.4) is 0 Å². The SMILES string of the molecule is CC(C)(C)c1ccc(C(=O)NCC(=O)NC2(C(=O)O)CCOCC2)cc1. The van der Waals surface area contributed by atoms with Gasteiger partial charge in [0, 0.05) is 31.6 Å². The summed E-state index contributed by atoms with van der Waals surface area (Å²) in [6.45, 7) is 6.52. The molecule has 142 valence electrons. The smallest absolute Gasteiger partial charge is 0.329 e. The third-order valence-corrected chi connectivity index (χ3v) is 4.56. The molecular weight excluding hydrogens is 336 g/mol. The first-order valence-corrected chi connectivity index (χ1v) is 8.65. The lowest BCUT2D eigenvalue weighted by molar-refractivity contribution is -0.151. The van der Waals surface area contributed by atoms with Crippen LogP contribution in [0.5, 0.6) is 0 Å². The predicted octanol–water partition coefficient (Wildman–Crippen LogP) is 1.46.